The van der Waals surface area contributed by atoms with Gasteiger partial charge in [0.2, 0.25) is 0 Å². The lowest BCUT2D eigenvalue weighted by atomic mass is 10.0. The first kappa shape index (κ1) is 17.4. The van der Waals surface area contributed by atoms with Gasteiger partial charge in [-0.25, -0.2) is 0 Å². The van der Waals surface area contributed by atoms with E-state index in [2.05, 4.69) is 20.5 Å². The zero-order valence-corrected chi connectivity index (χ0v) is 13.6. The van der Waals surface area contributed by atoms with Gasteiger partial charge >= 0.3 is 0 Å². The molecular formula is C16H35P. The zero-order chi connectivity index (χ0) is 12.8. The number of unbranched alkanes of at least 4 members (excludes halogenated alkanes) is 10. The Balaban J connectivity index is 2.94. The van der Waals surface area contributed by atoms with E-state index in [9.17, 15) is 0 Å². The van der Waals surface area contributed by atoms with Crippen LogP contribution in [0, 0.1) is 0 Å². The van der Waals surface area contributed by atoms with E-state index in [0.717, 1.165) is 14.2 Å². The Kier molecular flexibility index (Phi) is 14.9. The summed E-state index contributed by atoms with van der Waals surface area (Å²) in [6.07, 6.45) is 17.6. The lowest BCUT2D eigenvalue weighted by molar-refractivity contribution is 0.543. The smallest absolute Gasteiger partial charge is 0.0268 e. The molecular weight excluding hydrogens is 223 g/mol. The van der Waals surface area contributed by atoms with Crippen LogP contribution < -0.4 is 0 Å². The van der Waals surface area contributed by atoms with Crippen LogP contribution in [0.25, 0.3) is 0 Å². The van der Waals surface area contributed by atoms with Gasteiger partial charge in [-0.15, -0.1) is 8.58 Å². The Labute approximate surface area is 112 Å². The van der Waals surface area contributed by atoms with Gasteiger partial charge < -0.3 is 0 Å². The summed E-state index contributed by atoms with van der Waals surface area (Å²) in [6.45, 7) is 7.03. The molecule has 0 aromatic rings. The van der Waals surface area contributed by atoms with Crippen LogP contribution in [0.4, 0.5) is 0 Å². The van der Waals surface area contributed by atoms with Crippen LogP contribution in [0.3, 0.4) is 0 Å². The molecule has 0 aromatic carbocycles. The van der Waals surface area contributed by atoms with Gasteiger partial charge in [-0.05, 0) is 18.7 Å². The fourth-order valence-corrected chi connectivity index (χ4v) is 2.75. The highest BCUT2D eigenvalue weighted by molar-refractivity contribution is 7.37. The van der Waals surface area contributed by atoms with Gasteiger partial charge in [-0.3, -0.25) is 0 Å². The zero-order valence-electron chi connectivity index (χ0n) is 12.6. The SMILES string of the molecule is CCCCCCCCCCCCCC(C)PC. The third kappa shape index (κ3) is 14.4. The van der Waals surface area contributed by atoms with Crippen LogP contribution in [0.15, 0.2) is 0 Å². The van der Waals surface area contributed by atoms with Gasteiger partial charge in [-0.2, -0.15) is 0 Å². The molecule has 0 saturated carbocycles. The molecule has 0 spiro atoms. The summed E-state index contributed by atoms with van der Waals surface area (Å²) in [7, 11) is 1.14. The topological polar surface area (TPSA) is 0 Å². The maximum absolute atomic E-state index is 2.40. The fourth-order valence-electron chi connectivity index (χ4n) is 2.26. The molecule has 2 atom stereocenters. The van der Waals surface area contributed by atoms with Crippen molar-refractivity contribution in [1.29, 1.82) is 0 Å². The van der Waals surface area contributed by atoms with E-state index in [4.69, 9.17) is 0 Å². The van der Waals surface area contributed by atoms with Crippen molar-refractivity contribution in [3.63, 3.8) is 0 Å². The van der Waals surface area contributed by atoms with E-state index < -0.39 is 0 Å². The average Bonchev–Trinajstić information content (AvgIpc) is 2.35. The lowest BCUT2D eigenvalue weighted by Crippen LogP contribution is -1.92. The van der Waals surface area contributed by atoms with Crippen molar-refractivity contribution in [2.45, 2.75) is 96.6 Å². The van der Waals surface area contributed by atoms with Crippen molar-refractivity contribution >= 4 is 8.58 Å². The number of rotatable bonds is 13. The summed E-state index contributed by atoms with van der Waals surface area (Å²) in [4.78, 5) is 0. The summed E-state index contributed by atoms with van der Waals surface area (Å²) >= 11 is 0. The second-order valence-electron chi connectivity index (χ2n) is 5.51. The largest absolute Gasteiger partial charge is 0.122 e. The summed E-state index contributed by atoms with van der Waals surface area (Å²) < 4.78 is 0. The fraction of sp³-hybridized carbons (Fsp3) is 1.00. The van der Waals surface area contributed by atoms with Crippen LogP contribution in [0.2, 0.25) is 0 Å². The number of hydrogen-bond donors (Lipinski definition) is 0. The molecule has 0 aliphatic rings. The minimum atomic E-state index is 0.980. The molecule has 0 N–H and O–H groups in total. The van der Waals surface area contributed by atoms with Crippen LogP contribution in [0.5, 0.6) is 0 Å². The average molecular weight is 258 g/mol. The first-order valence-electron chi connectivity index (χ1n) is 7.98. The third-order valence-electron chi connectivity index (χ3n) is 3.73. The minimum absolute atomic E-state index is 0.980. The van der Waals surface area contributed by atoms with Crippen molar-refractivity contribution in [2.75, 3.05) is 6.66 Å². The highest BCUT2D eigenvalue weighted by Gasteiger charge is 1.98. The van der Waals surface area contributed by atoms with Crippen LogP contribution >= 0.6 is 8.58 Å². The number of hydrogen-bond acceptors (Lipinski definition) is 0. The van der Waals surface area contributed by atoms with Crippen LogP contribution in [-0.2, 0) is 0 Å². The minimum Gasteiger partial charge on any atom is -0.122 e. The van der Waals surface area contributed by atoms with Gasteiger partial charge in [0.1, 0.15) is 0 Å². The Morgan fingerprint density at radius 3 is 1.53 bits per heavy atom. The molecule has 0 aromatic heterocycles. The Morgan fingerprint density at radius 1 is 0.706 bits per heavy atom. The van der Waals surface area contributed by atoms with E-state index >= 15 is 0 Å². The predicted molar refractivity (Wildman–Crippen MR) is 84.8 cm³/mol. The van der Waals surface area contributed by atoms with Crippen molar-refractivity contribution in [2.24, 2.45) is 0 Å². The van der Waals surface area contributed by atoms with Crippen LogP contribution in [-0.4, -0.2) is 12.3 Å². The molecule has 0 aliphatic carbocycles. The molecule has 0 aliphatic heterocycles. The summed E-state index contributed by atoms with van der Waals surface area (Å²) in [5.41, 5.74) is 0.980. The molecule has 17 heavy (non-hydrogen) atoms. The summed E-state index contributed by atoms with van der Waals surface area (Å²) in [5.74, 6) is 0. The summed E-state index contributed by atoms with van der Waals surface area (Å²) in [5, 5.41) is 0. The maximum Gasteiger partial charge on any atom is -0.0268 e. The monoisotopic (exact) mass is 258 g/mol. The quantitative estimate of drug-likeness (QED) is 0.265. The van der Waals surface area contributed by atoms with Crippen molar-refractivity contribution in [1.82, 2.24) is 0 Å². The first-order chi connectivity index (χ1) is 8.31. The lowest BCUT2D eigenvalue weighted by Gasteiger charge is -2.07. The van der Waals surface area contributed by atoms with E-state index in [-0.39, 0.29) is 0 Å². The molecule has 0 nitrogen and oxygen atoms in total. The maximum atomic E-state index is 2.40. The second-order valence-corrected chi connectivity index (χ2v) is 7.08. The van der Waals surface area contributed by atoms with Gasteiger partial charge in [0.05, 0.1) is 0 Å². The van der Waals surface area contributed by atoms with E-state index in [1.165, 1.54) is 77.0 Å². The third-order valence-corrected chi connectivity index (χ3v) is 5.01. The van der Waals surface area contributed by atoms with Crippen molar-refractivity contribution in [3.05, 3.63) is 0 Å². The molecule has 0 heterocycles. The molecule has 0 saturated heterocycles. The molecule has 1 heteroatoms. The molecule has 0 fully saturated rings. The summed E-state index contributed by atoms with van der Waals surface area (Å²) in [6, 6.07) is 0. The second kappa shape index (κ2) is 14.5. The Morgan fingerprint density at radius 2 is 1.12 bits per heavy atom. The molecule has 0 rings (SSSR count). The van der Waals surface area contributed by atoms with E-state index in [1.54, 1.807) is 0 Å². The normalized spacial score (nSPS) is 13.6. The van der Waals surface area contributed by atoms with Gasteiger partial charge in [0.25, 0.3) is 0 Å². The first-order valence-corrected chi connectivity index (χ1v) is 9.56. The Hall–Kier alpha value is 0.430. The van der Waals surface area contributed by atoms with Gasteiger partial charge in [-0.1, -0.05) is 84.5 Å². The van der Waals surface area contributed by atoms with E-state index in [1.807, 2.05) is 0 Å². The highest BCUT2D eigenvalue weighted by atomic mass is 31.1. The standard InChI is InChI=1S/C16H35P/c1-4-5-6-7-8-9-10-11-12-13-14-15-16(2)17-3/h16-17H,4-15H2,1-3H3. The van der Waals surface area contributed by atoms with Crippen molar-refractivity contribution in [3.8, 4) is 0 Å². The van der Waals surface area contributed by atoms with E-state index in [0.29, 0.717) is 0 Å². The van der Waals surface area contributed by atoms with Gasteiger partial charge in [0.15, 0.2) is 0 Å². The molecule has 0 radical (unpaired) electrons. The highest BCUT2D eigenvalue weighted by Crippen LogP contribution is 2.20. The predicted octanol–water partition coefficient (Wildman–Crippen LogP) is 6.38. The molecule has 104 valence electrons. The molecule has 2 unspecified atom stereocenters. The Bertz CT molecular complexity index is 133. The van der Waals surface area contributed by atoms with Crippen molar-refractivity contribution < 1.29 is 0 Å². The molecule has 0 bridgehead atoms. The molecule has 0 amide bonds. The van der Waals surface area contributed by atoms with Crippen LogP contribution in [0.1, 0.15) is 90.9 Å². The van der Waals surface area contributed by atoms with Gasteiger partial charge in [0, 0.05) is 0 Å².